The standard InChI is InChI=1S/C11H10O3/c1-7-2-4-8(5-3-7)9-6-10(12)14-11(9)13/h2-6,11,13H,1H3. The normalized spacial score (nSPS) is 20.6. The van der Waals surface area contributed by atoms with Gasteiger partial charge < -0.3 is 9.84 Å². The summed E-state index contributed by atoms with van der Waals surface area (Å²) in [6.45, 7) is 1.98. The lowest BCUT2D eigenvalue weighted by atomic mass is 10.0. The van der Waals surface area contributed by atoms with Crippen molar-refractivity contribution in [2.24, 2.45) is 0 Å². The lowest BCUT2D eigenvalue weighted by molar-refractivity contribution is -0.149. The van der Waals surface area contributed by atoms with Gasteiger partial charge in [-0.05, 0) is 12.5 Å². The largest absolute Gasteiger partial charge is 0.428 e. The van der Waals surface area contributed by atoms with E-state index >= 15 is 0 Å². The summed E-state index contributed by atoms with van der Waals surface area (Å²) in [7, 11) is 0. The average molecular weight is 190 g/mol. The fourth-order valence-corrected chi connectivity index (χ4v) is 1.38. The van der Waals surface area contributed by atoms with Crippen LogP contribution in [-0.4, -0.2) is 17.4 Å². The van der Waals surface area contributed by atoms with Crippen molar-refractivity contribution in [3.05, 3.63) is 41.5 Å². The van der Waals surface area contributed by atoms with E-state index < -0.39 is 12.3 Å². The fraction of sp³-hybridized carbons (Fsp3) is 0.182. The van der Waals surface area contributed by atoms with E-state index in [1.165, 1.54) is 6.08 Å². The minimum atomic E-state index is -1.12. The molecular weight excluding hydrogens is 180 g/mol. The van der Waals surface area contributed by atoms with E-state index in [1.54, 1.807) is 0 Å². The first-order valence-electron chi connectivity index (χ1n) is 4.34. The molecule has 0 radical (unpaired) electrons. The van der Waals surface area contributed by atoms with Gasteiger partial charge in [0.15, 0.2) is 0 Å². The lowest BCUT2D eigenvalue weighted by Gasteiger charge is -2.07. The number of carbonyl (C=O) groups excluding carboxylic acids is 1. The number of rotatable bonds is 1. The molecule has 1 aromatic carbocycles. The number of esters is 1. The van der Waals surface area contributed by atoms with Crippen LogP contribution >= 0.6 is 0 Å². The van der Waals surface area contributed by atoms with Crippen LogP contribution < -0.4 is 0 Å². The first kappa shape index (κ1) is 8.97. The van der Waals surface area contributed by atoms with Gasteiger partial charge in [-0.3, -0.25) is 0 Å². The van der Waals surface area contributed by atoms with Crippen molar-refractivity contribution >= 4 is 11.5 Å². The maximum absolute atomic E-state index is 10.8. The van der Waals surface area contributed by atoms with Crippen molar-refractivity contribution in [1.82, 2.24) is 0 Å². The van der Waals surface area contributed by atoms with Gasteiger partial charge in [-0.2, -0.15) is 0 Å². The topological polar surface area (TPSA) is 46.5 Å². The van der Waals surface area contributed by atoms with Crippen LogP contribution in [0.5, 0.6) is 0 Å². The molecule has 0 bridgehead atoms. The van der Waals surface area contributed by atoms with Crippen LogP contribution in [0.1, 0.15) is 11.1 Å². The molecule has 1 atom stereocenters. The minimum Gasteiger partial charge on any atom is -0.428 e. The number of aryl methyl sites for hydroxylation is 1. The Hall–Kier alpha value is -1.61. The Kier molecular flexibility index (Phi) is 2.09. The summed E-state index contributed by atoms with van der Waals surface area (Å²) in [5, 5.41) is 9.37. The van der Waals surface area contributed by atoms with E-state index in [0.717, 1.165) is 11.1 Å². The molecule has 1 unspecified atom stereocenters. The predicted octanol–water partition coefficient (Wildman–Crippen LogP) is 1.25. The van der Waals surface area contributed by atoms with Gasteiger partial charge in [0.1, 0.15) is 0 Å². The minimum absolute atomic E-state index is 0.493. The van der Waals surface area contributed by atoms with Gasteiger partial charge in [-0.1, -0.05) is 29.8 Å². The number of hydrogen-bond acceptors (Lipinski definition) is 3. The quantitative estimate of drug-likeness (QED) is 0.678. The number of carbonyl (C=O) groups is 1. The van der Waals surface area contributed by atoms with E-state index in [-0.39, 0.29) is 0 Å². The summed E-state index contributed by atoms with van der Waals surface area (Å²) in [4.78, 5) is 10.8. The number of benzene rings is 1. The van der Waals surface area contributed by atoms with Crippen molar-refractivity contribution in [3.63, 3.8) is 0 Å². The number of ether oxygens (including phenoxy) is 1. The maximum atomic E-state index is 10.8. The Bertz CT molecular complexity index is 389. The molecule has 3 nitrogen and oxygen atoms in total. The molecule has 1 aliphatic heterocycles. The van der Waals surface area contributed by atoms with Gasteiger partial charge in [-0.15, -0.1) is 0 Å². The number of cyclic esters (lactones) is 1. The second kappa shape index (κ2) is 3.27. The highest BCUT2D eigenvalue weighted by Gasteiger charge is 2.24. The second-order valence-electron chi connectivity index (χ2n) is 3.25. The average Bonchev–Trinajstić information content (AvgIpc) is 2.47. The number of hydrogen-bond donors (Lipinski definition) is 1. The zero-order chi connectivity index (χ0) is 10.1. The van der Waals surface area contributed by atoms with Crippen LogP contribution in [0.15, 0.2) is 30.3 Å². The van der Waals surface area contributed by atoms with Crippen LogP contribution in [0.4, 0.5) is 0 Å². The molecule has 1 aromatic rings. The molecule has 0 aromatic heterocycles. The summed E-state index contributed by atoms with van der Waals surface area (Å²) >= 11 is 0. The zero-order valence-corrected chi connectivity index (χ0v) is 7.73. The van der Waals surface area contributed by atoms with Crippen LogP contribution in [0.3, 0.4) is 0 Å². The van der Waals surface area contributed by atoms with Gasteiger partial charge in [0.05, 0.1) is 0 Å². The summed E-state index contributed by atoms with van der Waals surface area (Å²) in [5.41, 5.74) is 2.47. The van der Waals surface area contributed by atoms with E-state index in [4.69, 9.17) is 0 Å². The third kappa shape index (κ3) is 1.54. The molecule has 0 saturated heterocycles. The summed E-state index contributed by atoms with van der Waals surface area (Å²) in [5.74, 6) is -0.493. The van der Waals surface area contributed by atoms with Crippen LogP contribution in [0.2, 0.25) is 0 Å². The van der Waals surface area contributed by atoms with E-state index in [9.17, 15) is 9.90 Å². The summed E-state index contributed by atoms with van der Waals surface area (Å²) in [6, 6.07) is 7.55. The van der Waals surface area contributed by atoms with Crippen molar-refractivity contribution in [2.75, 3.05) is 0 Å². The summed E-state index contributed by atoms with van der Waals surface area (Å²) < 4.78 is 4.58. The number of aliphatic hydroxyl groups is 1. The van der Waals surface area contributed by atoms with Crippen molar-refractivity contribution in [2.45, 2.75) is 13.2 Å². The first-order chi connectivity index (χ1) is 6.66. The van der Waals surface area contributed by atoms with Crippen LogP contribution in [-0.2, 0) is 9.53 Å². The monoisotopic (exact) mass is 190 g/mol. The smallest absolute Gasteiger partial charge is 0.333 e. The lowest BCUT2D eigenvalue weighted by Crippen LogP contribution is -2.09. The van der Waals surface area contributed by atoms with Gasteiger partial charge >= 0.3 is 5.97 Å². The molecule has 1 heterocycles. The number of aliphatic hydroxyl groups excluding tert-OH is 1. The van der Waals surface area contributed by atoms with Crippen molar-refractivity contribution in [3.8, 4) is 0 Å². The Balaban J connectivity index is 2.36. The van der Waals surface area contributed by atoms with Gasteiger partial charge in [-0.25, -0.2) is 4.79 Å². The van der Waals surface area contributed by atoms with Gasteiger partial charge in [0.2, 0.25) is 6.29 Å². The molecular formula is C11H10O3. The summed E-state index contributed by atoms with van der Waals surface area (Å²) in [6.07, 6.45) is 0.195. The van der Waals surface area contributed by atoms with E-state index in [1.807, 2.05) is 31.2 Å². The molecule has 0 amide bonds. The van der Waals surface area contributed by atoms with Crippen molar-refractivity contribution < 1.29 is 14.6 Å². The molecule has 14 heavy (non-hydrogen) atoms. The molecule has 1 N–H and O–H groups in total. The molecule has 0 aliphatic carbocycles. The highest BCUT2D eigenvalue weighted by molar-refractivity contribution is 5.96. The molecule has 2 rings (SSSR count). The van der Waals surface area contributed by atoms with E-state index in [0.29, 0.717) is 5.57 Å². The van der Waals surface area contributed by atoms with Crippen LogP contribution in [0, 0.1) is 6.92 Å². The molecule has 1 aliphatic rings. The first-order valence-corrected chi connectivity index (χ1v) is 4.34. The Labute approximate surface area is 81.6 Å². The van der Waals surface area contributed by atoms with Crippen LogP contribution in [0.25, 0.3) is 5.57 Å². The SMILES string of the molecule is Cc1ccc(C2=CC(=O)OC2O)cc1. The Morgan fingerprint density at radius 3 is 2.43 bits per heavy atom. The molecule has 72 valence electrons. The predicted molar refractivity (Wildman–Crippen MR) is 51.3 cm³/mol. The molecule has 3 heteroatoms. The fourth-order valence-electron chi connectivity index (χ4n) is 1.38. The maximum Gasteiger partial charge on any atom is 0.333 e. The second-order valence-corrected chi connectivity index (χ2v) is 3.25. The van der Waals surface area contributed by atoms with E-state index in [2.05, 4.69) is 4.74 Å². The highest BCUT2D eigenvalue weighted by atomic mass is 16.6. The Morgan fingerprint density at radius 2 is 1.93 bits per heavy atom. The molecule has 0 saturated carbocycles. The van der Waals surface area contributed by atoms with Crippen molar-refractivity contribution in [1.29, 1.82) is 0 Å². The zero-order valence-electron chi connectivity index (χ0n) is 7.73. The van der Waals surface area contributed by atoms with Gasteiger partial charge in [0.25, 0.3) is 0 Å². The van der Waals surface area contributed by atoms with Gasteiger partial charge in [0, 0.05) is 11.6 Å². The highest BCUT2D eigenvalue weighted by Crippen LogP contribution is 2.24. The third-order valence-corrected chi connectivity index (χ3v) is 2.15. The molecule has 0 spiro atoms. The Morgan fingerprint density at radius 1 is 1.29 bits per heavy atom. The molecule has 0 fully saturated rings. The third-order valence-electron chi connectivity index (χ3n) is 2.15.